The number of benzene rings is 2. The molecule has 0 saturated heterocycles. The van der Waals surface area contributed by atoms with E-state index in [0.717, 1.165) is 54.9 Å². The van der Waals surface area contributed by atoms with Crippen LogP contribution in [0.25, 0.3) is 0 Å². The molecule has 1 atom stereocenters. The third-order valence-corrected chi connectivity index (χ3v) is 6.56. The highest BCUT2D eigenvalue weighted by atomic mass is 16.5. The molecule has 1 aromatic heterocycles. The number of amides is 1. The molecule has 4 rings (SSSR count). The molecule has 34 heavy (non-hydrogen) atoms. The van der Waals surface area contributed by atoms with Crippen molar-refractivity contribution in [2.75, 3.05) is 27.8 Å². The summed E-state index contributed by atoms with van der Waals surface area (Å²) in [5.41, 5.74) is 5.15. The summed E-state index contributed by atoms with van der Waals surface area (Å²) in [5.74, 6) is 1.47. The van der Waals surface area contributed by atoms with Gasteiger partial charge in [-0.25, -0.2) is 0 Å². The highest BCUT2D eigenvalue weighted by molar-refractivity contribution is 5.94. The molecule has 7 nitrogen and oxygen atoms in total. The molecule has 0 spiro atoms. The van der Waals surface area contributed by atoms with Crippen LogP contribution in [-0.2, 0) is 32.9 Å². The number of carbonyl (C=O) groups is 1. The lowest BCUT2D eigenvalue weighted by Gasteiger charge is -2.25. The molecule has 7 heteroatoms. The van der Waals surface area contributed by atoms with Gasteiger partial charge in [-0.3, -0.25) is 9.48 Å². The van der Waals surface area contributed by atoms with E-state index in [1.165, 1.54) is 11.3 Å². The minimum Gasteiger partial charge on any atom is -0.493 e. The Balaban J connectivity index is 1.38. The Morgan fingerprint density at radius 1 is 1.12 bits per heavy atom. The first-order valence-electron chi connectivity index (χ1n) is 11.8. The van der Waals surface area contributed by atoms with Crippen molar-refractivity contribution in [3.63, 3.8) is 0 Å². The Labute approximate surface area is 201 Å². The number of hydrogen-bond donors (Lipinski definition) is 1. The van der Waals surface area contributed by atoms with E-state index >= 15 is 0 Å². The van der Waals surface area contributed by atoms with Gasteiger partial charge in [-0.15, -0.1) is 0 Å². The number of rotatable bonds is 9. The second kappa shape index (κ2) is 10.7. The zero-order valence-electron chi connectivity index (χ0n) is 20.5. The normalized spacial score (nSPS) is 15.0. The van der Waals surface area contributed by atoms with Gasteiger partial charge in [-0.1, -0.05) is 36.4 Å². The summed E-state index contributed by atoms with van der Waals surface area (Å²) in [4.78, 5) is 15.0. The minimum absolute atomic E-state index is 0.0216. The monoisotopic (exact) mass is 462 g/mol. The van der Waals surface area contributed by atoms with E-state index in [2.05, 4.69) is 16.5 Å². The number of hydrogen-bond acceptors (Lipinski definition) is 5. The molecule has 180 valence electrons. The molecule has 1 N–H and O–H groups in total. The van der Waals surface area contributed by atoms with E-state index < -0.39 is 0 Å². The lowest BCUT2D eigenvalue weighted by molar-refractivity contribution is 0.0777. The van der Waals surface area contributed by atoms with Crippen LogP contribution in [0.5, 0.6) is 11.5 Å². The molecule has 0 bridgehead atoms. The molecule has 0 radical (unpaired) electrons. The van der Waals surface area contributed by atoms with Crippen LogP contribution in [0.2, 0.25) is 0 Å². The predicted molar refractivity (Wildman–Crippen MR) is 133 cm³/mol. The van der Waals surface area contributed by atoms with Gasteiger partial charge in [0.25, 0.3) is 5.91 Å². The standard InChI is InChI=1S/C27H34N4O3/c1-30(18-20-8-6-5-7-9-20)27(32)26-22-17-21(11-12-23(22)31(2)29-26)28-15-14-19-10-13-24(33-3)25(16-19)34-4/h5-10,13,16,21,28H,11-12,14-15,17-18H2,1-4H3. The fraction of sp³-hybridized carbons (Fsp3) is 0.407. The highest BCUT2D eigenvalue weighted by Gasteiger charge is 2.29. The number of aromatic nitrogens is 2. The summed E-state index contributed by atoms with van der Waals surface area (Å²) in [6.07, 6.45) is 3.66. The SMILES string of the molecule is COc1ccc(CCNC2CCc3c(c(C(=O)N(C)Cc4ccccc4)nn3C)C2)cc1OC. The molecule has 1 amide bonds. The van der Waals surface area contributed by atoms with Crippen molar-refractivity contribution < 1.29 is 14.3 Å². The Morgan fingerprint density at radius 3 is 2.62 bits per heavy atom. The molecule has 0 saturated carbocycles. The molecule has 1 unspecified atom stereocenters. The minimum atomic E-state index is -0.0216. The summed E-state index contributed by atoms with van der Waals surface area (Å²) in [6.45, 7) is 1.42. The maximum atomic E-state index is 13.3. The van der Waals surface area contributed by atoms with Crippen LogP contribution < -0.4 is 14.8 Å². The average molecular weight is 463 g/mol. The number of nitrogens with one attached hydrogen (secondary N) is 1. The number of fused-ring (bicyclic) bond motifs is 1. The van der Waals surface area contributed by atoms with Gasteiger partial charge in [0.1, 0.15) is 0 Å². The van der Waals surface area contributed by atoms with Crippen molar-refractivity contribution in [1.82, 2.24) is 20.0 Å². The summed E-state index contributed by atoms with van der Waals surface area (Å²) >= 11 is 0. The van der Waals surface area contributed by atoms with Crippen molar-refractivity contribution in [1.29, 1.82) is 0 Å². The first kappa shape index (κ1) is 23.8. The van der Waals surface area contributed by atoms with Gasteiger partial charge in [0.15, 0.2) is 17.2 Å². The first-order valence-corrected chi connectivity index (χ1v) is 11.8. The third-order valence-electron chi connectivity index (χ3n) is 6.56. The molecule has 0 aliphatic heterocycles. The topological polar surface area (TPSA) is 68.6 Å². The average Bonchev–Trinajstić information content (AvgIpc) is 3.19. The van der Waals surface area contributed by atoms with Crippen LogP contribution >= 0.6 is 0 Å². The molecule has 1 aliphatic rings. The quantitative estimate of drug-likeness (QED) is 0.528. The molecular formula is C27H34N4O3. The van der Waals surface area contributed by atoms with Crippen LogP contribution in [0, 0.1) is 0 Å². The third kappa shape index (κ3) is 5.25. The second-order valence-corrected chi connectivity index (χ2v) is 8.88. The van der Waals surface area contributed by atoms with Gasteiger partial charge in [0, 0.05) is 37.9 Å². The maximum Gasteiger partial charge on any atom is 0.274 e. The Hall–Kier alpha value is -3.32. The van der Waals surface area contributed by atoms with Crippen molar-refractivity contribution in [2.45, 2.75) is 38.3 Å². The molecule has 0 fully saturated rings. The van der Waals surface area contributed by atoms with Gasteiger partial charge in [-0.05, 0) is 55.5 Å². The van der Waals surface area contributed by atoms with Crippen LogP contribution in [0.3, 0.4) is 0 Å². The van der Waals surface area contributed by atoms with Crippen molar-refractivity contribution in [2.24, 2.45) is 7.05 Å². The molecule has 1 heterocycles. The number of aryl methyl sites for hydroxylation is 1. The zero-order chi connectivity index (χ0) is 24.1. The summed E-state index contributed by atoms with van der Waals surface area (Å²) in [6, 6.07) is 16.4. The molecule has 1 aliphatic carbocycles. The zero-order valence-corrected chi connectivity index (χ0v) is 20.5. The van der Waals surface area contributed by atoms with Gasteiger partial charge in [0.2, 0.25) is 0 Å². The summed E-state index contributed by atoms with van der Waals surface area (Å²) < 4.78 is 12.6. The maximum absolute atomic E-state index is 13.3. The number of nitrogens with zero attached hydrogens (tertiary/aromatic N) is 3. The Bertz CT molecular complexity index is 1130. The van der Waals surface area contributed by atoms with E-state index in [4.69, 9.17) is 9.47 Å². The van der Waals surface area contributed by atoms with Crippen LogP contribution in [-0.4, -0.2) is 54.4 Å². The molecular weight excluding hydrogens is 428 g/mol. The molecule has 3 aromatic rings. The lowest BCUT2D eigenvalue weighted by atomic mass is 9.91. The second-order valence-electron chi connectivity index (χ2n) is 8.88. The predicted octanol–water partition coefficient (Wildman–Crippen LogP) is 3.40. The summed E-state index contributed by atoms with van der Waals surface area (Å²) in [5, 5.41) is 8.31. The Kier molecular flexibility index (Phi) is 7.53. The smallest absolute Gasteiger partial charge is 0.274 e. The van der Waals surface area contributed by atoms with Crippen LogP contribution in [0.1, 0.15) is 39.3 Å². The molecule has 2 aromatic carbocycles. The van der Waals surface area contributed by atoms with Crippen molar-refractivity contribution in [3.8, 4) is 11.5 Å². The largest absolute Gasteiger partial charge is 0.493 e. The van der Waals surface area contributed by atoms with Crippen molar-refractivity contribution >= 4 is 5.91 Å². The highest BCUT2D eigenvalue weighted by Crippen LogP contribution is 2.28. The Morgan fingerprint density at radius 2 is 1.88 bits per heavy atom. The number of ether oxygens (including phenoxy) is 2. The fourth-order valence-electron chi connectivity index (χ4n) is 4.70. The van der Waals surface area contributed by atoms with Gasteiger partial charge in [0.05, 0.1) is 14.2 Å². The van der Waals surface area contributed by atoms with Crippen molar-refractivity contribution in [3.05, 3.63) is 76.6 Å². The van der Waals surface area contributed by atoms with E-state index in [0.29, 0.717) is 18.3 Å². The van der Waals surface area contributed by atoms with Crippen LogP contribution in [0.4, 0.5) is 0 Å². The van der Waals surface area contributed by atoms with E-state index in [9.17, 15) is 4.79 Å². The van der Waals surface area contributed by atoms with Gasteiger partial charge < -0.3 is 19.7 Å². The lowest BCUT2D eigenvalue weighted by Crippen LogP contribution is -2.37. The van der Waals surface area contributed by atoms with Gasteiger partial charge in [-0.2, -0.15) is 5.10 Å². The van der Waals surface area contributed by atoms with E-state index in [1.807, 2.05) is 61.2 Å². The van der Waals surface area contributed by atoms with E-state index in [-0.39, 0.29) is 5.91 Å². The first-order chi connectivity index (χ1) is 16.5. The van der Waals surface area contributed by atoms with Crippen LogP contribution in [0.15, 0.2) is 48.5 Å². The van der Waals surface area contributed by atoms with Gasteiger partial charge >= 0.3 is 0 Å². The van der Waals surface area contributed by atoms with E-state index in [1.54, 1.807) is 19.1 Å². The number of carbonyl (C=O) groups excluding carboxylic acids is 1. The fourth-order valence-corrected chi connectivity index (χ4v) is 4.70. The number of methoxy groups -OCH3 is 2. The summed E-state index contributed by atoms with van der Waals surface area (Å²) in [7, 11) is 7.09.